The third kappa shape index (κ3) is 3.35. The molecule has 1 aromatic rings. The Morgan fingerprint density at radius 3 is 2.85 bits per heavy atom. The lowest BCUT2D eigenvalue weighted by Crippen LogP contribution is -2.40. The van der Waals surface area contributed by atoms with Crippen LogP contribution >= 0.6 is 0 Å². The number of halogens is 1. The SMILES string of the molecule is Cc1cc(S(=O)(=O)NC2CCCOC2)cc(CO)c1F. The molecule has 0 spiro atoms. The molecule has 1 fully saturated rings. The molecule has 20 heavy (non-hydrogen) atoms. The smallest absolute Gasteiger partial charge is 0.240 e. The molecule has 1 aliphatic heterocycles. The van der Waals surface area contributed by atoms with Crippen LogP contribution in [0.2, 0.25) is 0 Å². The second-order valence-electron chi connectivity index (χ2n) is 4.91. The number of sulfonamides is 1. The molecule has 2 rings (SSSR count). The predicted octanol–water partition coefficient (Wildman–Crippen LogP) is 1.08. The zero-order chi connectivity index (χ0) is 14.8. The van der Waals surface area contributed by atoms with Crippen molar-refractivity contribution in [3.8, 4) is 0 Å². The molecule has 112 valence electrons. The van der Waals surface area contributed by atoms with E-state index >= 15 is 0 Å². The summed E-state index contributed by atoms with van der Waals surface area (Å²) >= 11 is 0. The number of nitrogens with one attached hydrogen (secondary N) is 1. The maximum Gasteiger partial charge on any atom is 0.240 e. The van der Waals surface area contributed by atoms with E-state index in [1.54, 1.807) is 0 Å². The van der Waals surface area contributed by atoms with Crippen molar-refractivity contribution in [2.75, 3.05) is 13.2 Å². The minimum absolute atomic E-state index is 0.0229. The summed E-state index contributed by atoms with van der Waals surface area (Å²) in [5, 5.41) is 9.08. The van der Waals surface area contributed by atoms with Crippen molar-refractivity contribution in [2.24, 2.45) is 0 Å². The van der Waals surface area contributed by atoms with Crippen LogP contribution in [-0.2, 0) is 21.4 Å². The first-order valence-corrected chi connectivity index (χ1v) is 7.92. The number of hydrogen-bond acceptors (Lipinski definition) is 4. The molecule has 0 amide bonds. The van der Waals surface area contributed by atoms with Crippen molar-refractivity contribution in [3.63, 3.8) is 0 Å². The topological polar surface area (TPSA) is 75.6 Å². The Balaban J connectivity index is 2.26. The van der Waals surface area contributed by atoms with Gasteiger partial charge in [0.25, 0.3) is 0 Å². The van der Waals surface area contributed by atoms with Crippen LogP contribution in [0, 0.1) is 12.7 Å². The van der Waals surface area contributed by atoms with Crippen molar-refractivity contribution in [1.29, 1.82) is 0 Å². The lowest BCUT2D eigenvalue weighted by atomic mass is 10.1. The summed E-state index contributed by atoms with van der Waals surface area (Å²) in [5.41, 5.74) is 0.169. The third-order valence-electron chi connectivity index (χ3n) is 3.27. The fraction of sp³-hybridized carbons (Fsp3) is 0.538. The molecule has 1 saturated heterocycles. The predicted molar refractivity (Wildman–Crippen MR) is 71.2 cm³/mol. The van der Waals surface area contributed by atoms with Gasteiger partial charge in [-0.15, -0.1) is 0 Å². The van der Waals surface area contributed by atoms with Crippen LogP contribution in [0.3, 0.4) is 0 Å². The van der Waals surface area contributed by atoms with Gasteiger partial charge in [-0.3, -0.25) is 0 Å². The van der Waals surface area contributed by atoms with Gasteiger partial charge < -0.3 is 9.84 Å². The van der Waals surface area contributed by atoms with E-state index in [9.17, 15) is 12.8 Å². The molecule has 0 aliphatic carbocycles. The average molecular weight is 303 g/mol. The van der Waals surface area contributed by atoms with Crippen molar-refractivity contribution in [2.45, 2.75) is 37.3 Å². The maximum atomic E-state index is 13.6. The minimum Gasteiger partial charge on any atom is -0.392 e. The minimum atomic E-state index is -3.74. The van der Waals surface area contributed by atoms with Crippen LogP contribution in [0.4, 0.5) is 4.39 Å². The summed E-state index contributed by atoms with van der Waals surface area (Å²) in [6, 6.07) is 2.16. The highest BCUT2D eigenvalue weighted by Crippen LogP contribution is 2.20. The van der Waals surface area contributed by atoms with Crippen LogP contribution in [-0.4, -0.2) is 32.8 Å². The first-order chi connectivity index (χ1) is 9.44. The lowest BCUT2D eigenvalue weighted by Gasteiger charge is -2.23. The molecule has 7 heteroatoms. The standard InChI is InChI=1S/C13H18FNO4S/c1-9-5-12(6-10(7-16)13(9)14)20(17,18)15-11-3-2-4-19-8-11/h5-6,11,15-16H,2-4,7-8H2,1H3. The summed E-state index contributed by atoms with van der Waals surface area (Å²) in [6.45, 7) is 1.91. The summed E-state index contributed by atoms with van der Waals surface area (Å²) in [4.78, 5) is -0.0361. The number of aliphatic hydroxyl groups excluding tert-OH is 1. The van der Waals surface area contributed by atoms with E-state index in [0.29, 0.717) is 19.6 Å². The van der Waals surface area contributed by atoms with E-state index < -0.39 is 22.4 Å². The largest absolute Gasteiger partial charge is 0.392 e. The van der Waals surface area contributed by atoms with Gasteiger partial charge in [-0.1, -0.05) is 0 Å². The van der Waals surface area contributed by atoms with Crippen LogP contribution in [0.1, 0.15) is 24.0 Å². The molecular formula is C13H18FNO4S. The fourth-order valence-electron chi connectivity index (χ4n) is 2.20. The number of hydrogen-bond donors (Lipinski definition) is 2. The zero-order valence-electron chi connectivity index (χ0n) is 11.2. The molecule has 1 atom stereocenters. The first kappa shape index (κ1) is 15.4. The summed E-state index contributed by atoms with van der Waals surface area (Å²) in [5.74, 6) is -0.576. The van der Waals surface area contributed by atoms with Crippen LogP contribution in [0.5, 0.6) is 0 Å². The van der Waals surface area contributed by atoms with Gasteiger partial charge in [0.05, 0.1) is 18.1 Å². The van der Waals surface area contributed by atoms with Crippen molar-refractivity contribution >= 4 is 10.0 Å². The number of rotatable bonds is 4. The molecule has 1 aromatic carbocycles. The van der Waals surface area contributed by atoms with Gasteiger partial charge in [-0.25, -0.2) is 17.5 Å². The molecule has 0 saturated carbocycles. The van der Waals surface area contributed by atoms with Gasteiger partial charge in [-0.2, -0.15) is 0 Å². The van der Waals surface area contributed by atoms with E-state index in [-0.39, 0.29) is 22.1 Å². The number of benzene rings is 1. The molecule has 0 radical (unpaired) electrons. The highest BCUT2D eigenvalue weighted by Gasteiger charge is 2.23. The number of aliphatic hydroxyl groups is 1. The monoisotopic (exact) mass is 303 g/mol. The Bertz CT molecular complexity index is 582. The molecule has 5 nitrogen and oxygen atoms in total. The van der Waals surface area contributed by atoms with Gasteiger partial charge in [0.1, 0.15) is 5.82 Å². The maximum absolute atomic E-state index is 13.6. The van der Waals surface area contributed by atoms with Gasteiger partial charge >= 0.3 is 0 Å². The van der Waals surface area contributed by atoms with Gasteiger partial charge in [0.15, 0.2) is 0 Å². The normalized spacial score (nSPS) is 20.1. The number of aryl methyl sites for hydroxylation is 1. The highest BCUT2D eigenvalue weighted by molar-refractivity contribution is 7.89. The third-order valence-corrected chi connectivity index (χ3v) is 4.77. The quantitative estimate of drug-likeness (QED) is 0.873. The summed E-state index contributed by atoms with van der Waals surface area (Å²) in [6.07, 6.45) is 1.52. The van der Waals surface area contributed by atoms with Crippen LogP contribution in [0.25, 0.3) is 0 Å². The van der Waals surface area contributed by atoms with E-state index in [0.717, 1.165) is 12.5 Å². The van der Waals surface area contributed by atoms with Crippen molar-refractivity contribution in [3.05, 3.63) is 29.1 Å². The molecule has 1 heterocycles. The summed E-state index contributed by atoms with van der Waals surface area (Å²) in [7, 11) is -3.74. The zero-order valence-corrected chi connectivity index (χ0v) is 12.0. The summed E-state index contributed by atoms with van der Waals surface area (Å²) < 4.78 is 45.9. The first-order valence-electron chi connectivity index (χ1n) is 6.44. The number of ether oxygens (including phenoxy) is 1. The Morgan fingerprint density at radius 2 is 2.25 bits per heavy atom. The second-order valence-corrected chi connectivity index (χ2v) is 6.62. The van der Waals surface area contributed by atoms with E-state index in [1.807, 2.05) is 0 Å². The molecular weight excluding hydrogens is 285 g/mol. The van der Waals surface area contributed by atoms with Crippen LogP contribution in [0.15, 0.2) is 17.0 Å². The van der Waals surface area contributed by atoms with E-state index in [4.69, 9.17) is 9.84 Å². The van der Waals surface area contributed by atoms with Gasteiger partial charge in [-0.05, 0) is 37.5 Å². The highest BCUT2D eigenvalue weighted by atomic mass is 32.2. The lowest BCUT2D eigenvalue weighted by molar-refractivity contribution is 0.0774. The van der Waals surface area contributed by atoms with Gasteiger partial charge in [0.2, 0.25) is 10.0 Å². The Morgan fingerprint density at radius 1 is 1.50 bits per heavy atom. The second kappa shape index (κ2) is 6.17. The molecule has 2 N–H and O–H groups in total. The molecule has 1 aliphatic rings. The fourth-order valence-corrected chi connectivity index (χ4v) is 3.59. The molecule has 1 unspecified atom stereocenters. The van der Waals surface area contributed by atoms with Crippen LogP contribution < -0.4 is 4.72 Å². The Kier molecular flexibility index (Phi) is 4.74. The van der Waals surface area contributed by atoms with E-state index in [1.165, 1.54) is 13.0 Å². The Labute approximate surface area is 117 Å². The molecule has 0 aromatic heterocycles. The van der Waals surface area contributed by atoms with Crippen molar-refractivity contribution < 1.29 is 22.7 Å². The molecule has 0 bridgehead atoms. The Hall–Kier alpha value is -1.02. The van der Waals surface area contributed by atoms with Crippen molar-refractivity contribution in [1.82, 2.24) is 4.72 Å². The van der Waals surface area contributed by atoms with E-state index in [2.05, 4.69) is 4.72 Å². The van der Waals surface area contributed by atoms with Gasteiger partial charge in [0, 0.05) is 18.2 Å². The average Bonchev–Trinajstić information content (AvgIpc) is 2.42.